The van der Waals surface area contributed by atoms with Crippen LogP contribution in [0.3, 0.4) is 0 Å². The first kappa shape index (κ1) is 17.9. The number of hydrogen-bond donors (Lipinski definition) is 2. The summed E-state index contributed by atoms with van der Waals surface area (Å²) in [5.41, 5.74) is 1.38. The van der Waals surface area contributed by atoms with E-state index in [1.54, 1.807) is 55.6 Å². The van der Waals surface area contributed by atoms with Gasteiger partial charge in [0.05, 0.1) is 24.5 Å². The molecule has 0 aromatic heterocycles. The molecule has 0 saturated carbocycles. The molecule has 0 unspecified atom stereocenters. The van der Waals surface area contributed by atoms with Crippen LogP contribution in [0.15, 0.2) is 48.5 Å². The van der Waals surface area contributed by atoms with Crippen molar-refractivity contribution in [2.24, 2.45) is 0 Å². The summed E-state index contributed by atoms with van der Waals surface area (Å²) in [5.74, 6) is 0.161. The maximum atomic E-state index is 12.5. The van der Waals surface area contributed by atoms with Gasteiger partial charge in [-0.05, 0) is 49.2 Å². The Morgan fingerprint density at radius 2 is 1.88 bits per heavy atom. The van der Waals surface area contributed by atoms with E-state index in [0.717, 1.165) is 19.4 Å². The van der Waals surface area contributed by atoms with Crippen molar-refractivity contribution in [3.05, 3.63) is 59.7 Å². The van der Waals surface area contributed by atoms with Crippen LogP contribution in [-0.4, -0.2) is 38.2 Å². The number of ether oxygens (including phenoxy) is 2. The molecule has 0 aliphatic carbocycles. The Morgan fingerprint density at radius 1 is 1.12 bits per heavy atom. The molecule has 1 saturated heterocycles. The van der Waals surface area contributed by atoms with Crippen LogP contribution in [-0.2, 0) is 4.74 Å². The number of methoxy groups -OCH3 is 1. The van der Waals surface area contributed by atoms with Gasteiger partial charge in [0.25, 0.3) is 11.8 Å². The summed E-state index contributed by atoms with van der Waals surface area (Å²) in [6, 6.07) is 13.7. The number of carbonyl (C=O) groups is 2. The van der Waals surface area contributed by atoms with E-state index in [0.29, 0.717) is 29.1 Å². The second-order valence-corrected chi connectivity index (χ2v) is 6.07. The van der Waals surface area contributed by atoms with Crippen molar-refractivity contribution in [3.8, 4) is 5.75 Å². The molecule has 136 valence electrons. The van der Waals surface area contributed by atoms with Crippen molar-refractivity contribution in [3.63, 3.8) is 0 Å². The van der Waals surface area contributed by atoms with Gasteiger partial charge in [0.15, 0.2) is 0 Å². The molecule has 1 aliphatic heterocycles. The Labute approximate surface area is 152 Å². The largest absolute Gasteiger partial charge is 0.497 e. The Hall–Kier alpha value is -2.86. The Balaban J connectivity index is 1.67. The lowest BCUT2D eigenvalue weighted by atomic mass is 10.1. The number of hydrogen-bond acceptors (Lipinski definition) is 4. The SMILES string of the molecule is COc1ccc(C(=O)Nc2ccccc2C(=O)NC[C@@H]2CCCO2)cc1. The molecule has 2 aromatic carbocycles. The highest BCUT2D eigenvalue weighted by Gasteiger charge is 2.18. The first-order valence-corrected chi connectivity index (χ1v) is 8.61. The molecule has 1 aliphatic rings. The third-order valence-electron chi connectivity index (χ3n) is 4.29. The highest BCUT2D eigenvalue weighted by molar-refractivity contribution is 6.09. The minimum atomic E-state index is -0.285. The third-order valence-corrected chi connectivity index (χ3v) is 4.29. The molecule has 0 radical (unpaired) electrons. The van der Waals surface area contributed by atoms with E-state index in [4.69, 9.17) is 9.47 Å². The number of nitrogens with one attached hydrogen (secondary N) is 2. The predicted octanol–water partition coefficient (Wildman–Crippen LogP) is 2.86. The molecule has 1 fully saturated rings. The molecule has 2 N–H and O–H groups in total. The molecule has 0 bridgehead atoms. The summed E-state index contributed by atoms with van der Waals surface area (Å²) in [6.07, 6.45) is 2.05. The lowest BCUT2D eigenvalue weighted by Gasteiger charge is -2.14. The molecule has 26 heavy (non-hydrogen) atoms. The first-order valence-electron chi connectivity index (χ1n) is 8.61. The van der Waals surface area contributed by atoms with Gasteiger partial charge in [-0.2, -0.15) is 0 Å². The summed E-state index contributed by atoms with van der Waals surface area (Å²) in [7, 11) is 1.57. The molecule has 2 aromatic rings. The van der Waals surface area contributed by atoms with E-state index in [2.05, 4.69) is 10.6 Å². The highest BCUT2D eigenvalue weighted by atomic mass is 16.5. The lowest BCUT2D eigenvalue weighted by molar-refractivity contribution is 0.0858. The molecule has 6 nitrogen and oxygen atoms in total. The van der Waals surface area contributed by atoms with Gasteiger partial charge < -0.3 is 20.1 Å². The van der Waals surface area contributed by atoms with Crippen LogP contribution in [0.2, 0.25) is 0 Å². The van der Waals surface area contributed by atoms with Gasteiger partial charge in [0.1, 0.15) is 5.75 Å². The molecule has 0 spiro atoms. The van der Waals surface area contributed by atoms with Crippen LogP contribution in [0.25, 0.3) is 0 Å². The first-order chi connectivity index (χ1) is 12.7. The van der Waals surface area contributed by atoms with Crippen LogP contribution in [0.5, 0.6) is 5.75 Å². The highest BCUT2D eigenvalue weighted by Crippen LogP contribution is 2.18. The van der Waals surface area contributed by atoms with E-state index >= 15 is 0 Å². The average Bonchev–Trinajstić information content (AvgIpc) is 3.20. The summed E-state index contributed by atoms with van der Waals surface area (Å²) >= 11 is 0. The maximum absolute atomic E-state index is 12.5. The van der Waals surface area contributed by atoms with E-state index < -0.39 is 0 Å². The number of anilines is 1. The van der Waals surface area contributed by atoms with Crippen LogP contribution in [0.4, 0.5) is 5.69 Å². The van der Waals surface area contributed by atoms with Gasteiger partial charge >= 0.3 is 0 Å². The molecule has 6 heteroatoms. The second kappa shape index (κ2) is 8.49. The van der Waals surface area contributed by atoms with Crippen LogP contribution in [0, 0.1) is 0 Å². The molecule has 1 atom stereocenters. The van der Waals surface area contributed by atoms with Gasteiger partial charge in [-0.25, -0.2) is 0 Å². The van der Waals surface area contributed by atoms with Gasteiger partial charge in [0, 0.05) is 18.7 Å². The van der Waals surface area contributed by atoms with Crippen molar-refractivity contribution in [2.75, 3.05) is 25.6 Å². The number of para-hydroxylation sites is 1. The Morgan fingerprint density at radius 3 is 2.58 bits per heavy atom. The fourth-order valence-corrected chi connectivity index (χ4v) is 2.83. The van der Waals surface area contributed by atoms with Crippen LogP contribution >= 0.6 is 0 Å². The van der Waals surface area contributed by atoms with Crippen molar-refractivity contribution in [1.29, 1.82) is 0 Å². The summed E-state index contributed by atoms with van der Waals surface area (Å²) < 4.78 is 10.6. The monoisotopic (exact) mass is 354 g/mol. The van der Waals surface area contributed by atoms with Crippen molar-refractivity contribution in [2.45, 2.75) is 18.9 Å². The van der Waals surface area contributed by atoms with Crippen molar-refractivity contribution < 1.29 is 19.1 Å². The smallest absolute Gasteiger partial charge is 0.255 e. The maximum Gasteiger partial charge on any atom is 0.255 e. The van der Waals surface area contributed by atoms with E-state index in [9.17, 15) is 9.59 Å². The van der Waals surface area contributed by atoms with E-state index in [-0.39, 0.29) is 17.9 Å². The third kappa shape index (κ3) is 4.40. The molecular weight excluding hydrogens is 332 g/mol. The zero-order chi connectivity index (χ0) is 18.4. The van der Waals surface area contributed by atoms with E-state index in [1.165, 1.54) is 0 Å². The minimum Gasteiger partial charge on any atom is -0.497 e. The summed E-state index contributed by atoms with van der Waals surface area (Å²) in [6.45, 7) is 1.22. The van der Waals surface area contributed by atoms with Crippen molar-refractivity contribution in [1.82, 2.24) is 5.32 Å². The number of benzene rings is 2. The Kier molecular flexibility index (Phi) is 5.86. The predicted molar refractivity (Wildman–Crippen MR) is 98.7 cm³/mol. The molecule has 3 rings (SSSR count). The lowest BCUT2D eigenvalue weighted by Crippen LogP contribution is -2.32. The quantitative estimate of drug-likeness (QED) is 0.836. The number of amides is 2. The van der Waals surface area contributed by atoms with E-state index in [1.807, 2.05) is 0 Å². The fraction of sp³-hybridized carbons (Fsp3) is 0.300. The van der Waals surface area contributed by atoms with Crippen LogP contribution < -0.4 is 15.4 Å². The van der Waals surface area contributed by atoms with Crippen LogP contribution in [0.1, 0.15) is 33.6 Å². The minimum absolute atomic E-state index is 0.0694. The molecule has 2 amide bonds. The normalized spacial score (nSPS) is 16.1. The zero-order valence-corrected chi connectivity index (χ0v) is 14.7. The zero-order valence-electron chi connectivity index (χ0n) is 14.7. The van der Waals surface area contributed by atoms with Gasteiger partial charge in [-0.15, -0.1) is 0 Å². The molecular formula is C20H22N2O4. The summed E-state index contributed by atoms with van der Waals surface area (Å²) in [4.78, 5) is 24.9. The molecule has 1 heterocycles. The second-order valence-electron chi connectivity index (χ2n) is 6.07. The fourth-order valence-electron chi connectivity index (χ4n) is 2.83. The van der Waals surface area contributed by atoms with Gasteiger partial charge in [0.2, 0.25) is 0 Å². The topological polar surface area (TPSA) is 76.7 Å². The standard InChI is InChI=1S/C20H22N2O4/c1-25-15-10-8-14(9-11-15)19(23)22-18-7-3-2-6-17(18)20(24)21-13-16-5-4-12-26-16/h2-3,6-11,16H,4-5,12-13H2,1H3,(H,21,24)(H,22,23)/t16-/m0/s1. The van der Waals surface area contributed by atoms with Crippen molar-refractivity contribution >= 4 is 17.5 Å². The number of rotatable bonds is 6. The average molecular weight is 354 g/mol. The van der Waals surface area contributed by atoms with Gasteiger partial charge in [-0.1, -0.05) is 12.1 Å². The Bertz CT molecular complexity index is 768. The van der Waals surface area contributed by atoms with Gasteiger partial charge in [-0.3, -0.25) is 9.59 Å². The summed E-state index contributed by atoms with van der Waals surface area (Å²) in [5, 5.41) is 5.68. The number of carbonyl (C=O) groups excluding carboxylic acids is 2.